The number of nitrogens with zero attached hydrogens (tertiary/aromatic N) is 2. The van der Waals surface area contributed by atoms with E-state index < -0.39 is 0 Å². The van der Waals surface area contributed by atoms with E-state index in [1.807, 2.05) is 60.7 Å². The summed E-state index contributed by atoms with van der Waals surface area (Å²) in [6.45, 7) is 0.595. The highest BCUT2D eigenvalue weighted by Crippen LogP contribution is 2.28. The summed E-state index contributed by atoms with van der Waals surface area (Å²) in [6.07, 6.45) is 0.800. The fourth-order valence-corrected chi connectivity index (χ4v) is 3.22. The van der Waals surface area contributed by atoms with E-state index in [9.17, 15) is 4.79 Å². The van der Waals surface area contributed by atoms with E-state index in [1.165, 1.54) is 17.3 Å². The van der Waals surface area contributed by atoms with Gasteiger partial charge >= 0.3 is 0 Å². The maximum Gasteiger partial charge on any atom is 0.284 e. The molecule has 2 aromatic heterocycles. The number of furan rings is 1. The van der Waals surface area contributed by atoms with Crippen molar-refractivity contribution in [3.05, 3.63) is 66.2 Å². The lowest BCUT2D eigenvalue weighted by Crippen LogP contribution is -2.27. The van der Waals surface area contributed by atoms with E-state index in [0.29, 0.717) is 23.4 Å². The smallest absolute Gasteiger partial charge is 0.284 e. The summed E-state index contributed by atoms with van der Waals surface area (Å²) in [7, 11) is 0. The molecule has 1 N–H and O–H groups in total. The van der Waals surface area contributed by atoms with Crippen molar-refractivity contribution in [2.75, 3.05) is 12.3 Å². The average Bonchev–Trinajstić information content (AvgIpc) is 3.34. The highest BCUT2D eigenvalue weighted by molar-refractivity contribution is 7.99. The third-order valence-electron chi connectivity index (χ3n) is 3.95. The van der Waals surface area contributed by atoms with Gasteiger partial charge in [0.25, 0.3) is 11.1 Å². The second-order valence-corrected chi connectivity index (χ2v) is 6.82. The normalized spacial score (nSPS) is 11.0. The summed E-state index contributed by atoms with van der Waals surface area (Å²) in [5.41, 5.74) is 1.95. The molecule has 27 heavy (non-hydrogen) atoms. The fraction of sp³-hybridized carbons (Fsp3) is 0.150. The lowest BCUT2D eigenvalue weighted by atomic mass is 10.1. The largest absolute Gasteiger partial charge is 0.451 e. The van der Waals surface area contributed by atoms with E-state index >= 15 is 0 Å². The van der Waals surface area contributed by atoms with Crippen molar-refractivity contribution in [2.24, 2.45) is 0 Å². The Bertz CT molecular complexity index is 1010. The molecular formula is C20H17N3O3S. The molecule has 0 aliphatic carbocycles. The van der Waals surface area contributed by atoms with Crippen LogP contribution in [-0.2, 0) is 11.2 Å². The van der Waals surface area contributed by atoms with Crippen LogP contribution in [0.3, 0.4) is 0 Å². The Morgan fingerprint density at radius 1 is 1.00 bits per heavy atom. The van der Waals surface area contributed by atoms with E-state index in [2.05, 4.69) is 15.5 Å². The first kappa shape index (κ1) is 17.4. The number of rotatable bonds is 7. The first-order valence-electron chi connectivity index (χ1n) is 8.54. The van der Waals surface area contributed by atoms with Gasteiger partial charge in [0.05, 0.1) is 5.75 Å². The van der Waals surface area contributed by atoms with Crippen LogP contribution >= 0.6 is 11.8 Å². The number of hydrogen-bond acceptors (Lipinski definition) is 6. The molecule has 7 heteroatoms. The minimum absolute atomic E-state index is 0.0700. The van der Waals surface area contributed by atoms with E-state index in [0.717, 1.165) is 17.4 Å². The molecule has 0 unspecified atom stereocenters. The molecule has 0 aliphatic heterocycles. The van der Waals surface area contributed by atoms with Crippen LogP contribution in [0.25, 0.3) is 22.6 Å². The maximum atomic E-state index is 12.0. The number of benzene rings is 2. The number of nitrogens with one attached hydrogen (secondary N) is 1. The van der Waals surface area contributed by atoms with Gasteiger partial charge in [0, 0.05) is 11.9 Å². The second kappa shape index (κ2) is 8.09. The molecule has 0 bridgehead atoms. The summed E-state index contributed by atoms with van der Waals surface area (Å²) in [4.78, 5) is 12.0. The number of amides is 1. The number of carbonyl (C=O) groups excluding carboxylic acids is 1. The molecule has 136 valence electrons. The Labute approximate surface area is 160 Å². The highest BCUT2D eigenvalue weighted by atomic mass is 32.2. The first-order valence-corrected chi connectivity index (χ1v) is 9.52. The third kappa shape index (κ3) is 4.38. The van der Waals surface area contributed by atoms with E-state index in [4.69, 9.17) is 8.83 Å². The zero-order valence-electron chi connectivity index (χ0n) is 14.4. The van der Waals surface area contributed by atoms with Gasteiger partial charge in [-0.3, -0.25) is 4.79 Å². The van der Waals surface area contributed by atoms with Crippen molar-refractivity contribution in [1.82, 2.24) is 15.5 Å². The van der Waals surface area contributed by atoms with E-state index in [1.54, 1.807) is 0 Å². The van der Waals surface area contributed by atoms with Crippen LogP contribution in [0.2, 0.25) is 0 Å². The standard InChI is InChI=1S/C20H17N3O3S/c24-18(21-11-10-14-6-2-1-3-7-14)13-27-20-23-22-19(26-20)17-12-15-8-4-5-9-16(15)25-17/h1-9,12H,10-11,13H2,(H,21,24). The Kier molecular flexibility index (Phi) is 5.20. The molecule has 0 saturated heterocycles. The molecule has 4 aromatic rings. The SMILES string of the molecule is O=C(CSc1nnc(-c2cc3ccccc3o2)o1)NCCc1ccccc1. The molecule has 0 spiro atoms. The minimum Gasteiger partial charge on any atom is -0.451 e. The molecule has 0 aliphatic rings. The predicted octanol–water partition coefficient (Wildman–Crippen LogP) is 3.93. The Morgan fingerprint density at radius 3 is 2.67 bits per heavy atom. The minimum atomic E-state index is -0.0700. The number of carbonyl (C=O) groups is 1. The lowest BCUT2D eigenvalue weighted by molar-refractivity contribution is -0.118. The number of fused-ring (bicyclic) bond motifs is 1. The van der Waals surface area contributed by atoms with Crippen LogP contribution in [0.1, 0.15) is 5.56 Å². The number of thioether (sulfide) groups is 1. The zero-order valence-corrected chi connectivity index (χ0v) is 15.2. The van der Waals surface area contributed by atoms with Gasteiger partial charge in [0.1, 0.15) is 5.58 Å². The molecule has 0 radical (unpaired) electrons. The van der Waals surface area contributed by atoms with Gasteiger partial charge in [0.15, 0.2) is 5.76 Å². The van der Waals surface area contributed by atoms with Crippen LogP contribution in [0.15, 0.2) is 74.7 Å². The van der Waals surface area contributed by atoms with Gasteiger partial charge in [-0.25, -0.2) is 0 Å². The van der Waals surface area contributed by atoms with Crippen LogP contribution in [-0.4, -0.2) is 28.4 Å². The van der Waals surface area contributed by atoms with Gasteiger partial charge in [-0.1, -0.05) is 60.3 Å². The number of para-hydroxylation sites is 1. The van der Waals surface area contributed by atoms with Crippen molar-refractivity contribution in [3.63, 3.8) is 0 Å². The van der Waals surface area contributed by atoms with Crippen LogP contribution in [0.4, 0.5) is 0 Å². The third-order valence-corrected chi connectivity index (χ3v) is 4.77. The van der Waals surface area contributed by atoms with Crippen molar-refractivity contribution < 1.29 is 13.6 Å². The second-order valence-electron chi connectivity index (χ2n) is 5.90. The quantitative estimate of drug-likeness (QED) is 0.490. The lowest BCUT2D eigenvalue weighted by Gasteiger charge is -2.04. The highest BCUT2D eigenvalue weighted by Gasteiger charge is 2.14. The maximum absolute atomic E-state index is 12.0. The van der Waals surface area contributed by atoms with Gasteiger partial charge in [-0.2, -0.15) is 0 Å². The first-order chi connectivity index (χ1) is 13.3. The van der Waals surface area contributed by atoms with Crippen molar-refractivity contribution in [3.8, 4) is 11.7 Å². The molecule has 4 rings (SSSR count). The molecular weight excluding hydrogens is 362 g/mol. The Hall–Kier alpha value is -3.06. The van der Waals surface area contributed by atoms with Crippen molar-refractivity contribution >= 4 is 28.6 Å². The monoisotopic (exact) mass is 379 g/mol. The summed E-state index contributed by atoms with van der Waals surface area (Å²) in [5, 5.41) is 12.2. The van der Waals surface area contributed by atoms with Gasteiger partial charge in [-0.15, -0.1) is 10.2 Å². The van der Waals surface area contributed by atoms with Crippen molar-refractivity contribution in [2.45, 2.75) is 11.6 Å². The molecule has 0 saturated carbocycles. The van der Waals surface area contributed by atoms with Gasteiger partial charge < -0.3 is 14.2 Å². The van der Waals surface area contributed by atoms with Crippen LogP contribution in [0, 0.1) is 0 Å². The van der Waals surface area contributed by atoms with Gasteiger partial charge in [-0.05, 0) is 24.1 Å². The summed E-state index contributed by atoms with van der Waals surface area (Å²) in [5.74, 6) is 0.969. The molecule has 2 aromatic carbocycles. The molecule has 0 fully saturated rings. The topological polar surface area (TPSA) is 81.2 Å². The Balaban J connectivity index is 1.28. The van der Waals surface area contributed by atoms with E-state index in [-0.39, 0.29) is 11.7 Å². The summed E-state index contributed by atoms with van der Waals surface area (Å²) < 4.78 is 11.3. The molecule has 1 amide bonds. The average molecular weight is 379 g/mol. The van der Waals surface area contributed by atoms with Crippen LogP contribution in [0.5, 0.6) is 0 Å². The molecule has 2 heterocycles. The Morgan fingerprint density at radius 2 is 1.81 bits per heavy atom. The number of hydrogen-bond donors (Lipinski definition) is 1. The molecule has 0 atom stereocenters. The summed E-state index contributed by atoms with van der Waals surface area (Å²) >= 11 is 1.20. The number of aromatic nitrogens is 2. The van der Waals surface area contributed by atoms with Crippen LogP contribution < -0.4 is 5.32 Å². The molecule has 6 nitrogen and oxygen atoms in total. The predicted molar refractivity (Wildman–Crippen MR) is 103 cm³/mol. The van der Waals surface area contributed by atoms with Gasteiger partial charge in [0.2, 0.25) is 5.91 Å². The zero-order chi connectivity index (χ0) is 18.5. The fourth-order valence-electron chi connectivity index (χ4n) is 2.62. The van der Waals surface area contributed by atoms with Crippen molar-refractivity contribution in [1.29, 1.82) is 0 Å². The summed E-state index contributed by atoms with van der Waals surface area (Å²) in [6, 6.07) is 19.6.